The van der Waals surface area contributed by atoms with E-state index < -0.39 is 0 Å². The fourth-order valence-electron chi connectivity index (χ4n) is 2.83. The molecule has 2 saturated heterocycles. The third kappa shape index (κ3) is 3.16. The number of piperidine rings is 2. The Morgan fingerprint density at radius 3 is 2.47 bits per heavy atom. The van der Waals surface area contributed by atoms with E-state index in [1.54, 1.807) is 0 Å². The number of nitrogens with zero attached hydrogens (tertiary/aromatic N) is 2. The molecule has 2 aliphatic heterocycles. The van der Waals surface area contributed by atoms with Crippen LogP contribution in [-0.2, 0) is 0 Å². The average Bonchev–Trinajstić information content (AvgIpc) is 2.31. The van der Waals surface area contributed by atoms with Gasteiger partial charge in [0.1, 0.15) is 0 Å². The molecule has 2 heterocycles. The Bertz CT molecular complexity index is 176. The van der Waals surface area contributed by atoms with Gasteiger partial charge in [-0.3, -0.25) is 0 Å². The van der Waals surface area contributed by atoms with Gasteiger partial charge in [-0.05, 0) is 32.2 Å². The monoisotopic (exact) mass is 211 g/mol. The van der Waals surface area contributed by atoms with E-state index in [2.05, 4.69) is 22.3 Å². The molecule has 0 aromatic rings. The van der Waals surface area contributed by atoms with E-state index >= 15 is 0 Å². The summed E-state index contributed by atoms with van der Waals surface area (Å²) < 4.78 is 0. The van der Waals surface area contributed by atoms with Crippen molar-refractivity contribution < 1.29 is 0 Å². The topological polar surface area (TPSA) is 18.5 Å². The zero-order valence-electron chi connectivity index (χ0n) is 10.0. The lowest BCUT2D eigenvalue weighted by molar-refractivity contribution is -0.0596. The summed E-state index contributed by atoms with van der Waals surface area (Å²) in [4.78, 5) is 0. The van der Waals surface area contributed by atoms with Crippen LogP contribution in [0.5, 0.6) is 0 Å². The average molecular weight is 211 g/mol. The summed E-state index contributed by atoms with van der Waals surface area (Å²) in [6.07, 6.45) is 6.93. The van der Waals surface area contributed by atoms with Crippen molar-refractivity contribution in [2.24, 2.45) is 0 Å². The number of rotatable bonds is 3. The van der Waals surface area contributed by atoms with Gasteiger partial charge in [0, 0.05) is 32.2 Å². The lowest BCUT2D eigenvalue weighted by Crippen LogP contribution is -2.54. The Balaban J connectivity index is 1.80. The Hall–Kier alpha value is -0.120. The van der Waals surface area contributed by atoms with E-state index in [1.165, 1.54) is 58.3 Å². The van der Waals surface area contributed by atoms with Gasteiger partial charge in [0.2, 0.25) is 0 Å². The highest BCUT2D eigenvalue weighted by atomic mass is 15.6. The second kappa shape index (κ2) is 5.83. The van der Waals surface area contributed by atoms with E-state index in [0.717, 1.165) is 12.6 Å². The summed E-state index contributed by atoms with van der Waals surface area (Å²) >= 11 is 0. The highest BCUT2D eigenvalue weighted by Crippen LogP contribution is 2.17. The molecule has 0 saturated carbocycles. The summed E-state index contributed by atoms with van der Waals surface area (Å²) in [6.45, 7) is 8.41. The molecule has 3 nitrogen and oxygen atoms in total. The van der Waals surface area contributed by atoms with Crippen LogP contribution in [0.2, 0.25) is 0 Å². The standard InChI is InChI=1S/C12H25N3/c1-2-13-12-7-6-10-15(11-12)14-8-4-3-5-9-14/h12-13H,2-11H2,1H3. The maximum atomic E-state index is 3.59. The molecule has 0 aliphatic carbocycles. The Morgan fingerprint density at radius 1 is 1.00 bits per heavy atom. The molecule has 1 unspecified atom stereocenters. The number of hydrazine groups is 1. The zero-order valence-corrected chi connectivity index (χ0v) is 10.0. The molecule has 3 heteroatoms. The molecule has 0 spiro atoms. The predicted molar refractivity (Wildman–Crippen MR) is 63.7 cm³/mol. The fourth-order valence-corrected chi connectivity index (χ4v) is 2.83. The molecule has 15 heavy (non-hydrogen) atoms. The molecule has 0 aromatic heterocycles. The number of likely N-dealkylation sites (N-methyl/N-ethyl adjacent to an activating group) is 1. The van der Waals surface area contributed by atoms with Crippen LogP contribution in [-0.4, -0.2) is 48.8 Å². The van der Waals surface area contributed by atoms with Gasteiger partial charge >= 0.3 is 0 Å². The molecule has 0 aromatic carbocycles. The van der Waals surface area contributed by atoms with Crippen LogP contribution in [0, 0.1) is 0 Å². The van der Waals surface area contributed by atoms with Crippen LogP contribution in [0.15, 0.2) is 0 Å². The molecule has 0 bridgehead atoms. The van der Waals surface area contributed by atoms with Crippen molar-refractivity contribution in [2.75, 3.05) is 32.7 Å². The normalized spacial score (nSPS) is 30.6. The van der Waals surface area contributed by atoms with Crippen LogP contribution < -0.4 is 5.32 Å². The van der Waals surface area contributed by atoms with Crippen molar-refractivity contribution in [1.82, 2.24) is 15.3 Å². The first-order valence-corrected chi connectivity index (χ1v) is 6.63. The minimum Gasteiger partial charge on any atom is -0.313 e. The van der Waals surface area contributed by atoms with Gasteiger partial charge < -0.3 is 5.32 Å². The summed E-state index contributed by atoms with van der Waals surface area (Å²) in [6, 6.07) is 0.727. The smallest absolute Gasteiger partial charge is 0.0287 e. The lowest BCUT2D eigenvalue weighted by atomic mass is 10.1. The second-order valence-corrected chi connectivity index (χ2v) is 4.82. The summed E-state index contributed by atoms with van der Waals surface area (Å²) in [7, 11) is 0. The highest BCUT2D eigenvalue weighted by molar-refractivity contribution is 4.77. The molecule has 88 valence electrons. The molecule has 1 atom stereocenters. The van der Waals surface area contributed by atoms with Crippen molar-refractivity contribution in [3.8, 4) is 0 Å². The first-order chi connectivity index (χ1) is 7.40. The van der Waals surface area contributed by atoms with E-state index in [0.29, 0.717) is 0 Å². The fraction of sp³-hybridized carbons (Fsp3) is 1.00. The predicted octanol–water partition coefficient (Wildman–Crippen LogP) is 1.46. The largest absolute Gasteiger partial charge is 0.313 e. The van der Waals surface area contributed by atoms with Gasteiger partial charge in [-0.25, -0.2) is 10.0 Å². The Labute approximate surface area is 93.8 Å². The van der Waals surface area contributed by atoms with Crippen LogP contribution in [0.25, 0.3) is 0 Å². The first kappa shape index (κ1) is 11.4. The summed E-state index contributed by atoms with van der Waals surface area (Å²) in [5.41, 5.74) is 0. The molecule has 2 fully saturated rings. The minimum absolute atomic E-state index is 0.727. The Kier molecular flexibility index (Phi) is 4.42. The summed E-state index contributed by atoms with van der Waals surface area (Å²) in [5, 5.41) is 8.77. The molecular formula is C12H25N3. The molecule has 2 rings (SSSR count). The maximum absolute atomic E-state index is 3.59. The lowest BCUT2D eigenvalue weighted by Gasteiger charge is -2.42. The van der Waals surface area contributed by atoms with Crippen LogP contribution in [0.3, 0.4) is 0 Å². The van der Waals surface area contributed by atoms with Gasteiger partial charge in [-0.15, -0.1) is 0 Å². The number of nitrogens with one attached hydrogen (secondary N) is 1. The van der Waals surface area contributed by atoms with Gasteiger partial charge in [0.15, 0.2) is 0 Å². The quantitative estimate of drug-likeness (QED) is 0.762. The number of hydrogen-bond acceptors (Lipinski definition) is 3. The molecule has 0 amide bonds. The van der Waals surface area contributed by atoms with E-state index in [9.17, 15) is 0 Å². The van der Waals surface area contributed by atoms with Crippen molar-refractivity contribution in [2.45, 2.75) is 45.1 Å². The van der Waals surface area contributed by atoms with Gasteiger partial charge in [-0.1, -0.05) is 13.3 Å². The molecule has 0 radical (unpaired) electrons. The van der Waals surface area contributed by atoms with Gasteiger partial charge in [0.25, 0.3) is 0 Å². The minimum atomic E-state index is 0.727. The van der Waals surface area contributed by atoms with Crippen molar-refractivity contribution in [1.29, 1.82) is 0 Å². The zero-order chi connectivity index (χ0) is 10.5. The highest BCUT2D eigenvalue weighted by Gasteiger charge is 2.24. The van der Waals surface area contributed by atoms with Crippen molar-refractivity contribution in [3.63, 3.8) is 0 Å². The molecule has 1 N–H and O–H groups in total. The third-order valence-corrected chi connectivity index (χ3v) is 3.63. The molecular weight excluding hydrogens is 186 g/mol. The molecule has 2 aliphatic rings. The summed E-state index contributed by atoms with van der Waals surface area (Å²) in [5.74, 6) is 0. The van der Waals surface area contributed by atoms with Crippen molar-refractivity contribution >= 4 is 0 Å². The number of hydrogen-bond donors (Lipinski definition) is 1. The second-order valence-electron chi connectivity index (χ2n) is 4.82. The van der Waals surface area contributed by atoms with E-state index in [-0.39, 0.29) is 0 Å². The van der Waals surface area contributed by atoms with Gasteiger partial charge in [-0.2, -0.15) is 0 Å². The third-order valence-electron chi connectivity index (χ3n) is 3.63. The SMILES string of the molecule is CCNC1CCCN(N2CCCCC2)C1. The van der Waals surface area contributed by atoms with Gasteiger partial charge in [0.05, 0.1) is 0 Å². The Morgan fingerprint density at radius 2 is 1.73 bits per heavy atom. The van der Waals surface area contributed by atoms with Crippen LogP contribution in [0.1, 0.15) is 39.0 Å². The van der Waals surface area contributed by atoms with Crippen molar-refractivity contribution in [3.05, 3.63) is 0 Å². The van der Waals surface area contributed by atoms with E-state index in [1.807, 2.05) is 0 Å². The first-order valence-electron chi connectivity index (χ1n) is 6.63. The van der Waals surface area contributed by atoms with Crippen LogP contribution in [0.4, 0.5) is 0 Å². The maximum Gasteiger partial charge on any atom is 0.0287 e. The van der Waals surface area contributed by atoms with Crippen LogP contribution >= 0.6 is 0 Å². The van der Waals surface area contributed by atoms with E-state index in [4.69, 9.17) is 0 Å².